The molecule has 3 saturated heterocycles. The third-order valence-corrected chi connectivity index (χ3v) is 6.13. The van der Waals surface area contributed by atoms with E-state index >= 15 is 0 Å². The van der Waals surface area contributed by atoms with Crippen LogP contribution in [0.1, 0.15) is 37.3 Å². The molecule has 5 nitrogen and oxygen atoms in total. The summed E-state index contributed by atoms with van der Waals surface area (Å²) in [7, 11) is 2.11. The highest BCUT2D eigenvalue weighted by molar-refractivity contribution is 6.30. The predicted octanol–water partition coefficient (Wildman–Crippen LogP) is 3.15. The molecule has 3 heterocycles. The molecular weight excluding hydrogens is 338 g/mol. The molecule has 3 atom stereocenters. The summed E-state index contributed by atoms with van der Waals surface area (Å²) >= 11 is 6.20. The molecule has 4 rings (SSSR count). The van der Waals surface area contributed by atoms with Crippen LogP contribution in [-0.4, -0.2) is 59.4 Å². The lowest BCUT2D eigenvalue weighted by molar-refractivity contribution is -0.128. The van der Waals surface area contributed by atoms with Crippen molar-refractivity contribution in [1.82, 2.24) is 14.7 Å². The molecule has 0 saturated carbocycles. The number of hydrogen-bond acceptors (Lipinski definition) is 3. The lowest BCUT2D eigenvalue weighted by atomic mass is 9.84. The maximum Gasteiger partial charge on any atom is 0.327 e. The lowest BCUT2D eigenvalue weighted by Gasteiger charge is -2.40. The second kappa shape index (κ2) is 6.61. The van der Waals surface area contributed by atoms with Crippen LogP contribution in [0.25, 0.3) is 0 Å². The van der Waals surface area contributed by atoms with Gasteiger partial charge in [0.25, 0.3) is 5.91 Å². The minimum atomic E-state index is -0.210. The molecule has 3 aliphatic heterocycles. The maximum absolute atomic E-state index is 12.7. The number of benzene rings is 1. The number of likely N-dealkylation sites (tertiary alicyclic amines) is 1. The number of amides is 3. The molecule has 0 aliphatic carbocycles. The topological polar surface area (TPSA) is 43.9 Å². The minimum absolute atomic E-state index is 0.000528. The molecule has 0 N–H and O–H groups in total. The second-order valence-corrected chi connectivity index (χ2v) is 7.90. The van der Waals surface area contributed by atoms with E-state index in [-0.39, 0.29) is 29.9 Å². The van der Waals surface area contributed by atoms with Gasteiger partial charge in [0.05, 0.1) is 0 Å². The zero-order valence-electron chi connectivity index (χ0n) is 14.5. The number of piperidine rings is 1. The summed E-state index contributed by atoms with van der Waals surface area (Å²) in [4.78, 5) is 30.9. The van der Waals surface area contributed by atoms with Gasteiger partial charge in [0.2, 0.25) is 0 Å². The van der Waals surface area contributed by atoms with E-state index in [0.717, 1.165) is 37.3 Å². The van der Waals surface area contributed by atoms with E-state index in [1.807, 2.05) is 18.2 Å². The highest BCUT2D eigenvalue weighted by Gasteiger charge is 2.48. The molecule has 2 unspecified atom stereocenters. The van der Waals surface area contributed by atoms with E-state index in [2.05, 4.69) is 18.0 Å². The van der Waals surface area contributed by atoms with Crippen molar-refractivity contribution in [2.24, 2.45) is 5.92 Å². The number of carbonyl (C=O) groups is 2. The molecule has 134 valence electrons. The summed E-state index contributed by atoms with van der Waals surface area (Å²) in [6.45, 7) is 2.24. The average Bonchev–Trinajstić information content (AvgIpc) is 3.15. The van der Waals surface area contributed by atoms with E-state index in [0.29, 0.717) is 13.1 Å². The first kappa shape index (κ1) is 16.9. The summed E-state index contributed by atoms with van der Waals surface area (Å²) in [5.74, 6) is 0.241. The van der Waals surface area contributed by atoms with Crippen molar-refractivity contribution in [1.29, 1.82) is 0 Å². The second-order valence-electron chi connectivity index (χ2n) is 7.47. The fraction of sp³-hybridized carbons (Fsp3) is 0.579. The van der Waals surface area contributed by atoms with Crippen molar-refractivity contribution in [2.45, 2.75) is 37.8 Å². The number of urea groups is 1. The average molecular weight is 362 g/mol. The van der Waals surface area contributed by atoms with Crippen LogP contribution in [0.15, 0.2) is 24.3 Å². The minimum Gasteiger partial charge on any atom is -0.312 e. The normalized spacial score (nSPS) is 30.2. The van der Waals surface area contributed by atoms with Crippen LogP contribution in [0.3, 0.4) is 0 Å². The van der Waals surface area contributed by atoms with Crippen LogP contribution in [-0.2, 0) is 4.79 Å². The highest BCUT2D eigenvalue weighted by atomic mass is 35.5. The molecule has 3 fully saturated rings. The Morgan fingerprint density at radius 2 is 1.96 bits per heavy atom. The number of rotatable bonds is 3. The van der Waals surface area contributed by atoms with Crippen LogP contribution in [0.5, 0.6) is 0 Å². The van der Waals surface area contributed by atoms with Gasteiger partial charge in [-0.2, -0.15) is 0 Å². The smallest absolute Gasteiger partial charge is 0.312 e. The van der Waals surface area contributed by atoms with E-state index in [1.165, 1.54) is 10.5 Å². The third kappa shape index (κ3) is 2.93. The van der Waals surface area contributed by atoms with E-state index in [9.17, 15) is 9.59 Å². The SMILES string of the molecule is CN1CCCC(CN2C(=O)[C@H]3CCCN3C2=O)C1c1cccc(Cl)c1. The summed E-state index contributed by atoms with van der Waals surface area (Å²) < 4.78 is 0. The Morgan fingerprint density at radius 1 is 1.16 bits per heavy atom. The highest BCUT2D eigenvalue weighted by Crippen LogP contribution is 2.38. The van der Waals surface area contributed by atoms with Gasteiger partial charge in [-0.25, -0.2) is 4.79 Å². The molecule has 0 aromatic heterocycles. The maximum atomic E-state index is 12.7. The van der Waals surface area contributed by atoms with Gasteiger partial charge < -0.3 is 4.90 Å². The lowest BCUT2D eigenvalue weighted by Crippen LogP contribution is -2.44. The Bertz CT molecular complexity index is 673. The van der Waals surface area contributed by atoms with Gasteiger partial charge in [-0.05, 0) is 62.9 Å². The summed E-state index contributed by atoms with van der Waals surface area (Å²) in [5, 5.41) is 0.726. The molecule has 25 heavy (non-hydrogen) atoms. The van der Waals surface area contributed by atoms with Gasteiger partial charge in [-0.15, -0.1) is 0 Å². The zero-order valence-corrected chi connectivity index (χ0v) is 15.3. The third-order valence-electron chi connectivity index (χ3n) is 5.89. The van der Waals surface area contributed by atoms with E-state index < -0.39 is 0 Å². The van der Waals surface area contributed by atoms with Gasteiger partial charge in [0.1, 0.15) is 6.04 Å². The van der Waals surface area contributed by atoms with Crippen LogP contribution < -0.4 is 0 Å². The molecule has 0 spiro atoms. The van der Waals surface area contributed by atoms with Crippen molar-refractivity contribution >= 4 is 23.5 Å². The van der Waals surface area contributed by atoms with Crippen LogP contribution in [0, 0.1) is 5.92 Å². The Kier molecular flexibility index (Phi) is 4.46. The molecule has 3 amide bonds. The monoisotopic (exact) mass is 361 g/mol. The van der Waals surface area contributed by atoms with Gasteiger partial charge in [0, 0.05) is 24.2 Å². The molecular formula is C19H24ClN3O2. The summed E-state index contributed by atoms with van der Waals surface area (Å²) in [5.41, 5.74) is 1.17. The fourth-order valence-corrected chi connectivity index (χ4v) is 4.95. The Labute approximate surface area is 153 Å². The van der Waals surface area contributed by atoms with E-state index in [4.69, 9.17) is 11.6 Å². The van der Waals surface area contributed by atoms with Gasteiger partial charge >= 0.3 is 6.03 Å². The quantitative estimate of drug-likeness (QED) is 0.777. The first-order valence-electron chi connectivity index (χ1n) is 9.14. The fourth-order valence-electron chi connectivity index (χ4n) is 4.75. The number of hydrogen-bond donors (Lipinski definition) is 0. The predicted molar refractivity (Wildman–Crippen MR) is 96.4 cm³/mol. The van der Waals surface area contributed by atoms with Crippen LogP contribution >= 0.6 is 11.6 Å². The van der Waals surface area contributed by atoms with E-state index in [1.54, 1.807) is 4.90 Å². The van der Waals surface area contributed by atoms with Gasteiger partial charge in [-0.1, -0.05) is 23.7 Å². The molecule has 3 aliphatic rings. The number of imide groups is 1. The Balaban J connectivity index is 1.57. The molecule has 1 aromatic carbocycles. The van der Waals surface area contributed by atoms with Gasteiger partial charge in [0.15, 0.2) is 0 Å². The molecule has 1 aromatic rings. The number of carbonyl (C=O) groups excluding carboxylic acids is 2. The number of halogens is 1. The number of nitrogens with zero attached hydrogens (tertiary/aromatic N) is 3. The largest absolute Gasteiger partial charge is 0.327 e. The van der Waals surface area contributed by atoms with Gasteiger partial charge in [-0.3, -0.25) is 14.6 Å². The summed E-state index contributed by atoms with van der Waals surface area (Å²) in [6, 6.07) is 7.83. The Morgan fingerprint density at radius 3 is 2.72 bits per heavy atom. The number of fused-ring (bicyclic) bond motifs is 1. The van der Waals surface area contributed by atoms with Crippen molar-refractivity contribution < 1.29 is 9.59 Å². The van der Waals surface area contributed by atoms with Crippen molar-refractivity contribution in [3.05, 3.63) is 34.9 Å². The molecule has 0 bridgehead atoms. The van der Waals surface area contributed by atoms with Crippen molar-refractivity contribution in [3.63, 3.8) is 0 Å². The molecule has 0 radical (unpaired) electrons. The Hall–Kier alpha value is -1.59. The van der Waals surface area contributed by atoms with Crippen LogP contribution in [0.4, 0.5) is 4.79 Å². The zero-order chi connectivity index (χ0) is 17.6. The standard InChI is InChI=1S/C19H24ClN3O2/c1-21-9-3-6-14(17(21)13-5-2-7-15(20)11-13)12-23-18(24)16-8-4-10-22(16)19(23)25/h2,5,7,11,14,16-17H,3-4,6,8-10,12H2,1H3/t14?,16-,17?/m1/s1. The summed E-state index contributed by atoms with van der Waals surface area (Å²) in [6.07, 6.45) is 3.85. The first-order chi connectivity index (χ1) is 12.1. The van der Waals surface area contributed by atoms with Crippen molar-refractivity contribution in [2.75, 3.05) is 26.7 Å². The van der Waals surface area contributed by atoms with Crippen molar-refractivity contribution in [3.8, 4) is 0 Å². The molecule has 6 heteroatoms. The first-order valence-corrected chi connectivity index (χ1v) is 9.52. The van der Waals surface area contributed by atoms with Crippen LogP contribution in [0.2, 0.25) is 5.02 Å².